The first-order valence-corrected chi connectivity index (χ1v) is 11.4. The van der Waals surface area contributed by atoms with Crippen molar-refractivity contribution in [1.82, 2.24) is 20.1 Å². The molecule has 0 saturated carbocycles. The van der Waals surface area contributed by atoms with E-state index < -0.39 is 0 Å². The number of thioether (sulfide) groups is 1. The van der Waals surface area contributed by atoms with Crippen LogP contribution >= 0.6 is 23.4 Å². The van der Waals surface area contributed by atoms with E-state index in [4.69, 9.17) is 21.1 Å². The van der Waals surface area contributed by atoms with Crippen LogP contribution in [0.4, 0.5) is 0 Å². The molecule has 7 nitrogen and oxygen atoms in total. The third-order valence-corrected chi connectivity index (χ3v) is 6.11. The summed E-state index contributed by atoms with van der Waals surface area (Å²) in [5.74, 6) is 1.56. The monoisotopic (exact) mass is 458 g/mol. The summed E-state index contributed by atoms with van der Waals surface area (Å²) in [4.78, 5) is 12.3. The van der Waals surface area contributed by atoms with E-state index in [2.05, 4.69) is 15.5 Å². The van der Waals surface area contributed by atoms with Crippen LogP contribution in [-0.2, 0) is 9.53 Å². The predicted molar refractivity (Wildman–Crippen MR) is 121 cm³/mol. The second-order valence-electron chi connectivity index (χ2n) is 7.08. The summed E-state index contributed by atoms with van der Waals surface area (Å²) >= 11 is 7.41. The lowest BCUT2D eigenvalue weighted by Crippen LogP contribution is -2.32. The molecular formula is C22H23ClN4O3S. The number of ether oxygens (including phenoxy) is 2. The molecule has 0 spiro atoms. The number of halogens is 1. The van der Waals surface area contributed by atoms with E-state index in [1.54, 1.807) is 7.11 Å². The van der Waals surface area contributed by atoms with Gasteiger partial charge in [0.25, 0.3) is 0 Å². The number of nitrogens with one attached hydrogen (secondary N) is 1. The molecular weight excluding hydrogens is 436 g/mol. The highest BCUT2D eigenvalue weighted by atomic mass is 35.5. The molecule has 2 aromatic carbocycles. The molecule has 1 fully saturated rings. The maximum absolute atomic E-state index is 12.3. The van der Waals surface area contributed by atoms with Gasteiger partial charge in [-0.3, -0.25) is 9.36 Å². The summed E-state index contributed by atoms with van der Waals surface area (Å²) < 4.78 is 12.8. The van der Waals surface area contributed by atoms with E-state index >= 15 is 0 Å². The van der Waals surface area contributed by atoms with Gasteiger partial charge in [0.05, 0.1) is 19.0 Å². The number of aromatic nitrogens is 3. The van der Waals surface area contributed by atoms with Crippen molar-refractivity contribution in [2.75, 3.05) is 26.0 Å². The lowest BCUT2D eigenvalue weighted by molar-refractivity contribution is -0.119. The number of hydrogen-bond donors (Lipinski definition) is 1. The van der Waals surface area contributed by atoms with Crippen molar-refractivity contribution in [1.29, 1.82) is 0 Å². The molecule has 0 aliphatic carbocycles. The lowest BCUT2D eigenvalue weighted by Gasteiger charge is -2.12. The summed E-state index contributed by atoms with van der Waals surface area (Å²) in [5, 5.41) is 13.0. The third kappa shape index (κ3) is 5.39. The Morgan fingerprint density at radius 2 is 2.13 bits per heavy atom. The maximum Gasteiger partial charge on any atom is 0.230 e. The second-order valence-corrected chi connectivity index (χ2v) is 8.46. The van der Waals surface area contributed by atoms with Crippen molar-refractivity contribution in [2.24, 2.45) is 0 Å². The van der Waals surface area contributed by atoms with Crippen molar-refractivity contribution in [2.45, 2.75) is 24.1 Å². The molecule has 2 heterocycles. The van der Waals surface area contributed by atoms with Crippen LogP contribution in [0.2, 0.25) is 5.02 Å². The quantitative estimate of drug-likeness (QED) is 0.514. The summed E-state index contributed by atoms with van der Waals surface area (Å²) in [5.41, 5.74) is 1.71. The first-order chi connectivity index (χ1) is 15.1. The van der Waals surface area contributed by atoms with Crippen LogP contribution in [0.25, 0.3) is 17.1 Å². The summed E-state index contributed by atoms with van der Waals surface area (Å²) in [6, 6.07) is 15.1. The summed E-state index contributed by atoms with van der Waals surface area (Å²) in [7, 11) is 1.62. The fraction of sp³-hybridized carbons (Fsp3) is 0.318. The summed E-state index contributed by atoms with van der Waals surface area (Å²) in [6.45, 7) is 1.31. The minimum Gasteiger partial charge on any atom is -0.497 e. The first-order valence-electron chi connectivity index (χ1n) is 10.0. The SMILES string of the molecule is COc1cccc(-c2nnc(SCC(=O)NC[C@@H]3CCCO3)n2-c2ccc(Cl)cc2)c1. The average Bonchev–Trinajstić information content (AvgIpc) is 3.47. The van der Waals surface area contributed by atoms with Gasteiger partial charge in [0.15, 0.2) is 11.0 Å². The topological polar surface area (TPSA) is 78.3 Å². The standard InChI is InChI=1S/C22H23ClN4O3S/c1-29-18-5-2-4-15(12-18)21-25-26-22(27(21)17-9-7-16(23)8-10-17)31-14-20(28)24-13-19-6-3-11-30-19/h2,4-5,7-10,12,19H,3,6,11,13-14H2,1H3,(H,24,28)/t19-/m0/s1. The summed E-state index contributed by atoms with van der Waals surface area (Å²) in [6.07, 6.45) is 2.15. The van der Waals surface area contributed by atoms with Gasteiger partial charge in [-0.05, 0) is 49.2 Å². The van der Waals surface area contributed by atoms with Crippen molar-refractivity contribution in [3.63, 3.8) is 0 Å². The van der Waals surface area contributed by atoms with Crippen LogP contribution in [0, 0.1) is 0 Å². The molecule has 31 heavy (non-hydrogen) atoms. The molecule has 0 bridgehead atoms. The highest BCUT2D eigenvalue weighted by Gasteiger charge is 2.19. The number of carbonyl (C=O) groups excluding carboxylic acids is 1. The molecule has 3 aromatic rings. The molecule has 0 unspecified atom stereocenters. The van der Waals surface area contributed by atoms with Crippen molar-refractivity contribution >= 4 is 29.3 Å². The van der Waals surface area contributed by atoms with Crippen molar-refractivity contribution in [3.8, 4) is 22.8 Å². The molecule has 1 amide bonds. The number of carbonyl (C=O) groups is 1. The Morgan fingerprint density at radius 3 is 2.87 bits per heavy atom. The normalized spacial score (nSPS) is 15.7. The van der Waals surface area contributed by atoms with Gasteiger partial charge in [-0.1, -0.05) is 35.5 Å². The molecule has 1 saturated heterocycles. The minimum absolute atomic E-state index is 0.0610. The van der Waals surface area contributed by atoms with E-state index in [0.717, 1.165) is 36.4 Å². The number of nitrogens with zero attached hydrogens (tertiary/aromatic N) is 3. The maximum atomic E-state index is 12.3. The van der Waals surface area contributed by atoms with E-state index in [9.17, 15) is 4.79 Å². The fourth-order valence-corrected chi connectivity index (χ4v) is 4.26. The molecule has 9 heteroatoms. The van der Waals surface area contributed by atoms with Crippen molar-refractivity contribution < 1.29 is 14.3 Å². The number of amides is 1. The molecule has 1 atom stereocenters. The highest BCUT2D eigenvalue weighted by Crippen LogP contribution is 2.30. The molecule has 1 aliphatic heterocycles. The minimum atomic E-state index is -0.0610. The fourth-order valence-electron chi connectivity index (χ4n) is 3.35. The van der Waals surface area contributed by atoms with Gasteiger partial charge >= 0.3 is 0 Å². The van der Waals surface area contributed by atoms with E-state index in [-0.39, 0.29) is 17.8 Å². The molecule has 1 N–H and O–H groups in total. The molecule has 1 aromatic heterocycles. The van der Waals surface area contributed by atoms with Gasteiger partial charge < -0.3 is 14.8 Å². The predicted octanol–water partition coefficient (Wildman–Crippen LogP) is 3.98. The Hall–Kier alpha value is -2.55. The molecule has 1 aliphatic rings. The third-order valence-electron chi connectivity index (χ3n) is 4.93. The van der Waals surface area contributed by atoms with Crippen LogP contribution in [0.15, 0.2) is 53.7 Å². The smallest absolute Gasteiger partial charge is 0.230 e. The van der Waals surface area contributed by atoms with Crippen LogP contribution < -0.4 is 10.1 Å². The molecule has 0 radical (unpaired) electrons. The molecule has 162 valence electrons. The van der Waals surface area contributed by atoms with Gasteiger partial charge in [0.1, 0.15) is 5.75 Å². The number of hydrogen-bond acceptors (Lipinski definition) is 6. The number of rotatable bonds is 8. The van der Waals surface area contributed by atoms with Gasteiger partial charge in [0.2, 0.25) is 5.91 Å². The van der Waals surface area contributed by atoms with Crippen LogP contribution in [-0.4, -0.2) is 52.8 Å². The zero-order chi connectivity index (χ0) is 21.6. The Kier molecular flexibility index (Phi) is 7.11. The van der Waals surface area contributed by atoms with Gasteiger partial charge in [0, 0.05) is 29.4 Å². The van der Waals surface area contributed by atoms with Gasteiger partial charge in [-0.2, -0.15) is 0 Å². The van der Waals surface area contributed by atoms with Crippen LogP contribution in [0.5, 0.6) is 5.75 Å². The zero-order valence-corrected chi connectivity index (χ0v) is 18.7. The van der Waals surface area contributed by atoms with Crippen molar-refractivity contribution in [3.05, 3.63) is 53.6 Å². The van der Waals surface area contributed by atoms with E-state index in [0.29, 0.717) is 22.5 Å². The second kappa shape index (κ2) is 10.2. The van der Waals surface area contributed by atoms with E-state index in [1.165, 1.54) is 11.8 Å². The Labute approximate surface area is 190 Å². The zero-order valence-electron chi connectivity index (χ0n) is 17.1. The molecule has 4 rings (SSSR count). The lowest BCUT2D eigenvalue weighted by atomic mass is 10.2. The van der Waals surface area contributed by atoms with Gasteiger partial charge in [-0.15, -0.1) is 10.2 Å². The Morgan fingerprint density at radius 1 is 1.29 bits per heavy atom. The largest absolute Gasteiger partial charge is 0.497 e. The Balaban J connectivity index is 1.56. The highest BCUT2D eigenvalue weighted by molar-refractivity contribution is 7.99. The van der Waals surface area contributed by atoms with E-state index in [1.807, 2.05) is 53.1 Å². The number of benzene rings is 2. The average molecular weight is 459 g/mol. The van der Waals surface area contributed by atoms with Gasteiger partial charge in [-0.25, -0.2) is 0 Å². The number of methoxy groups -OCH3 is 1. The first kappa shape index (κ1) is 21.7. The van der Waals surface area contributed by atoms with Crippen LogP contribution in [0.3, 0.4) is 0 Å². The van der Waals surface area contributed by atoms with Crippen LogP contribution in [0.1, 0.15) is 12.8 Å². The Bertz CT molecular complexity index is 1040.